The van der Waals surface area contributed by atoms with Gasteiger partial charge in [0.15, 0.2) is 0 Å². The lowest BCUT2D eigenvalue weighted by molar-refractivity contribution is 0.0953. The number of benzene rings is 1. The molecule has 2 rings (SSSR count). The monoisotopic (exact) mass is 230 g/mol. The maximum Gasteiger partial charge on any atom is 0.265 e. The molecule has 3 N–H and O–H groups in total. The van der Waals surface area contributed by atoms with Gasteiger partial charge in [-0.05, 0) is 30.2 Å². The zero-order valence-electron chi connectivity index (χ0n) is 9.55. The maximum absolute atomic E-state index is 11.4. The number of amides is 1. The summed E-state index contributed by atoms with van der Waals surface area (Å²) in [7, 11) is 0. The van der Waals surface area contributed by atoms with E-state index in [4.69, 9.17) is 5.84 Å². The van der Waals surface area contributed by atoms with Crippen molar-refractivity contribution in [3.63, 3.8) is 0 Å². The molecular formula is C12H14N4O. The normalized spacial score (nSPS) is 10.2. The lowest BCUT2D eigenvalue weighted by atomic mass is 10.1. The Morgan fingerprint density at radius 3 is 3.00 bits per heavy atom. The minimum atomic E-state index is -0.288. The summed E-state index contributed by atoms with van der Waals surface area (Å²) in [4.78, 5) is 11.4. The van der Waals surface area contributed by atoms with E-state index in [1.807, 2.05) is 29.9 Å². The van der Waals surface area contributed by atoms with Crippen LogP contribution in [0.4, 0.5) is 0 Å². The Labute approximate surface area is 99.2 Å². The van der Waals surface area contributed by atoms with E-state index in [0.29, 0.717) is 12.1 Å². The van der Waals surface area contributed by atoms with Gasteiger partial charge in [-0.2, -0.15) is 5.10 Å². The number of aromatic nitrogens is 2. The first-order valence-electron chi connectivity index (χ1n) is 5.28. The van der Waals surface area contributed by atoms with Crippen molar-refractivity contribution in [2.45, 2.75) is 13.5 Å². The quantitative estimate of drug-likeness (QED) is 0.466. The average molecular weight is 230 g/mol. The van der Waals surface area contributed by atoms with E-state index in [1.165, 1.54) is 0 Å². The molecule has 1 amide bonds. The van der Waals surface area contributed by atoms with Crippen LogP contribution in [0.1, 0.15) is 21.5 Å². The number of nitrogens with zero attached hydrogens (tertiary/aromatic N) is 2. The summed E-state index contributed by atoms with van der Waals surface area (Å²) in [6, 6.07) is 7.31. The molecule has 0 radical (unpaired) electrons. The number of nitrogens with one attached hydrogen (secondary N) is 1. The summed E-state index contributed by atoms with van der Waals surface area (Å²) in [5.41, 5.74) is 4.79. The van der Waals surface area contributed by atoms with Gasteiger partial charge in [0.2, 0.25) is 0 Å². The van der Waals surface area contributed by atoms with Crippen molar-refractivity contribution in [2.24, 2.45) is 5.84 Å². The molecule has 0 aliphatic heterocycles. The number of hydrazine groups is 1. The molecule has 1 aromatic heterocycles. The predicted molar refractivity (Wildman–Crippen MR) is 64.2 cm³/mol. The van der Waals surface area contributed by atoms with Crippen LogP contribution in [0, 0.1) is 6.92 Å². The molecule has 88 valence electrons. The Hall–Kier alpha value is -2.14. The third kappa shape index (κ3) is 2.70. The number of hydrogen-bond acceptors (Lipinski definition) is 3. The Morgan fingerprint density at radius 1 is 1.53 bits per heavy atom. The van der Waals surface area contributed by atoms with Gasteiger partial charge in [0, 0.05) is 11.8 Å². The van der Waals surface area contributed by atoms with E-state index in [1.54, 1.807) is 18.3 Å². The van der Waals surface area contributed by atoms with E-state index in [-0.39, 0.29) is 5.91 Å². The van der Waals surface area contributed by atoms with Crippen LogP contribution in [0.2, 0.25) is 0 Å². The smallest absolute Gasteiger partial charge is 0.265 e. The van der Waals surface area contributed by atoms with Gasteiger partial charge in [0.05, 0.1) is 12.7 Å². The molecule has 0 saturated carbocycles. The highest BCUT2D eigenvalue weighted by Gasteiger charge is 2.04. The molecule has 5 nitrogen and oxygen atoms in total. The van der Waals surface area contributed by atoms with Crippen LogP contribution in [0.3, 0.4) is 0 Å². The first-order valence-corrected chi connectivity index (χ1v) is 5.28. The fourth-order valence-electron chi connectivity index (χ4n) is 1.63. The van der Waals surface area contributed by atoms with Gasteiger partial charge in [-0.15, -0.1) is 0 Å². The van der Waals surface area contributed by atoms with Gasteiger partial charge in [-0.25, -0.2) is 5.84 Å². The van der Waals surface area contributed by atoms with Crippen molar-refractivity contribution < 1.29 is 4.79 Å². The summed E-state index contributed by atoms with van der Waals surface area (Å²) in [6.45, 7) is 2.63. The van der Waals surface area contributed by atoms with Crippen LogP contribution in [-0.4, -0.2) is 15.7 Å². The van der Waals surface area contributed by atoms with Gasteiger partial charge in [-0.1, -0.05) is 12.1 Å². The first kappa shape index (κ1) is 11.3. The largest absolute Gasteiger partial charge is 0.290 e. The lowest BCUT2D eigenvalue weighted by Gasteiger charge is -2.04. The minimum absolute atomic E-state index is 0.288. The SMILES string of the molecule is Cc1cnn(Cc2cccc(C(=O)NN)c2)c1. The van der Waals surface area contributed by atoms with E-state index in [9.17, 15) is 4.79 Å². The summed E-state index contributed by atoms with van der Waals surface area (Å²) < 4.78 is 1.83. The molecule has 0 bridgehead atoms. The second kappa shape index (κ2) is 4.80. The highest BCUT2D eigenvalue weighted by atomic mass is 16.2. The summed E-state index contributed by atoms with van der Waals surface area (Å²) in [6.07, 6.45) is 3.76. The molecule has 0 spiro atoms. The number of nitrogens with two attached hydrogens (primary N) is 1. The van der Waals surface area contributed by atoms with Gasteiger partial charge in [0.25, 0.3) is 5.91 Å². The van der Waals surface area contributed by atoms with Crippen LogP contribution >= 0.6 is 0 Å². The Bertz CT molecular complexity index is 533. The number of rotatable bonds is 3. The van der Waals surface area contributed by atoms with Gasteiger partial charge < -0.3 is 0 Å². The fraction of sp³-hybridized carbons (Fsp3) is 0.167. The summed E-state index contributed by atoms with van der Waals surface area (Å²) >= 11 is 0. The molecule has 0 saturated heterocycles. The van der Waals surface area contributed by atoms with Gasteiger partial charge in [0.1, 0.15) is 0 Å². The van der Waals surface area contributed by atoms with E-state index < -0.39 is 0 Å². The van der Waals surface area contributed by atoms with Gasteiger partial charge in [-0.3, -0.25) is 14.9 Å². The fourth-order valence-corrected chi connectivity index (χ4v) is 1.63. The van der Waals surface area contributed by atoms with Crippen LogP contribution < -0.4 is 11.3 Å². The second-order valence-corrected chi connectivity index (χ2v) is 3.89. The van der Waals surface area contributed by atoms with Crippen molar-refractivity contribution >= 4 is 5.91 Å². The minimum Gasteiger partial charge on any atom is -0.290 e. The molecule has 5 heteroatoms. The molecule has 17 heavy (non-hydrogen) atoms. The van der Waals surface area contributed by atoms with Crippen LogP contribution in [-0.2, 0) is 6.54 Å². The Kier molecular flexibility index (Phi) is 3.20. The molecule has 1 heterocycles. The van der Waals surface area contributed by atoms with E-state index in [2.05, 4.69) is 10.5 Å². The summed E-state index contributed by atoms with van der Waals surface area (Å²) in [5.74, 6) is 4.80. The molecule has 0 aliphatic carbocycles. The number of hydrogen-bond donors (Lipinski definition) is 2. The summed E-state index contributed by atoms with van der Waals surface area (Å²) in [5, 5.41) is 4.20. The van der Waals surface area contributed by atoms with Gasteiger partial charge >= 0.3 is 0 Å². The number of carbonyl (C=O) groups excluding carboxylic acids is 1. The number of carbonyl (C=O) groups is 1. The van der Waals surface area contributed by atoms with E-state index in [0.717, 1.165) is 11.1 Å². The van der Waals surface area contributed by atoms with E-state index >= 15 is 0 Å². The van der Waals surface area contributed by atoms with Crippen LogP contribution in [0.25, 0.3) is 0 Å². The molecular weight excluding hydrogens is 216 g/mol. The zero-order valence-corrected chi connectivity index (χ0v) is 9.55. The molecule has 2 aromatic rings. The average Bonchev–Trinajstić information content (AvgIpc) is 2.74. The Balaban J connectivity index is 2.19. The highest BCUT2D eigenvalue weighted by molar-refractivity contribution is 5.93. The number of aryl methyl sites for hydroxylation is 1. The zero-order chi connectivity index (χ0) is 12.3. The van der Waals surface area contributed by atoms with Crippen LogP contribution in [0.5, 0.6) is 0 Å². The van der Waals surface area contributed by atoms with Crippen molar-refractivity contribution in [2.75, 3.05) is 0 Å². The number of nitrogen functional groups attached to an aromatic ring is 1. The van der Waals surface area contributed by atoms with Crippen molar-refractivity contribution in [1.82, 2.24) is 15.2 Å². The molecule has 0 fully saturated rings. The third-order valence-electron chi connectivity index (χ3n) is 2.43. The highest BCUT2D eigenvalue weighted by Crippen LogP contribution is 2.07. The van der Waals surface area contributed by atoms with Crippen molar-refractivity contribution in [1.29, 1.82) is 0 Å². The topological polar surface area (TPSA) is 72.9 Å². The predicted octanol–water partition coefficient (Wildman–Crippen LogP) is 0.843. The van der Waals surface area contributed by atoms with Crippen LogP contribution in [0.15, 0.2) is 36.7 Å². The third-order valence-corrected chi connectivity index (χ3v) is 2.43. The standard InChI is InChI=1S/C12H14N4O/c1-9-6-14-16(7-9)8-10-3-2-4-11(5-10)12(17)15-13/h2-7H,8,13H2,1H3,(H,15,17). The first-order chi connectivity index (χ1) is 8.19. The molecule has 0 aliphatic rings. The second-order valence-electron chi connectivity index (χ2n) is 3.89. The van der Waals surface area contributed by atoms with Crippen molar-refractivity contribution in [3.05, 3.63) is 53.3 Å². The molecule has 0 unspecified atom stereocenters. The molecule has 0 atom stereocenters. The van der Waals surface area contributed by atoms with Crippen molar-refractivity contribution in [3.8, 4) is 0 Å². The Morgan fingerprint density at radius 2 is 2.35 bits per heavy atom. The lowest BCUT2D eigenvalue weighted by Crippen LogP contribution is -2.30. The molecule has 1 aromatic carbocycles. The maximum atomic E-state index is 11.4.